The van der Waals surface area contributed by atoms with Crippen molar-refractivity contribution in [3.8, 4) is 0 Å². The van der Waals surface area contributed by atoms with Crippen LogP contribution in [-0.2, 0) is 0 Å². The zero-order chi connectivity index (χ0) is 8.55. The Bertz CT molecular complexity index is 418. The second kappa shape index (κ2) is 2.59. The van der Waals surface area contributed by atoms with Crippen molar-refractivity contribution in [1.82, 2.24) is 4.98 Å². The van der Waals surface area contributed by atoms with Crippen molar-refractivity contribution in [2.45, 2.75) is 13.8 Å². The van der Waals surface area contributed by atoms with E-state index in [9.17, 15) is 0 Å². The van der Waals surface area contributed by atoms with Gasteiger partial charge < -0.3 is 0 Å². The van der Waals surface area contributed by atoms with Crippen LogP contribution in [0.25, 0.3) is 10.8 Å². The predicted octanol–water partition coefficient (Wildman–Crippen LogP) is 2.65. The summed E-state index contributed by atoms with van der Waals surface area (Å²) < 4.78 is 0. The first-order valence-corrected chi connectivity index (χ1v) is 4.02. The maximum Gasteiger partial charge on any atom is 0.0454 e. The van der Waals surface area contributed by atoms with Gasteiger partial charge in [-0.1, -0.05) is 18.2 Å². The van der Waals surface area contributed by atoms with E-state index < -0.39 is 0 Å². The van der Waals surface area contributed by atoms with E-state index in [1.807, 2.05) is 26.0 Å². The largest absolute Gasteiger partial charge is 0.258 e. The van der Waals surface area contributed by atoms with Crippen molar-refractivity contribution >= 4 is 10.8 Å². The Balaban J connectivity index is 2.89. The summed E-state index contributed by atoms with van der Waals surface area (Å²) in [6, 6.07) is 11.3. The van der Waals surface area contributed by atoms with Crippen LogP contribution in [0.5, 0.6) is 0 Å². The van der Waals surface area contributed by atoms with Crippen molar-refractivity contribution in [2.75, 3.05) is 0 Å². The van der Waals surface area contributed by atoms with E-state index in [1.54, 1.807) is 0 Å². The molecule has 1 aromatic carbocycles. The Morgan fingerprint density at radius 1 is 1.33 bits per heavy atom. The van der Waals surface area contributed by atoms with Crippen LogP contribution in [0.2, 0.25) is 0 Å². The van der Waals surface area contributed by atoms with Crippen LogP contribution in [0.4, 0.5) is 0 Å². The molecular formula is C11H10N. The first-order valence-electron chi connectivity index (χ1n) is 4.02. The van der Waals surface area contributed by atoms with Crippen molar-refractivity contribution in [3.63, 3.8) is 0 Å². The number of benzene rings is 1. The van der Waals surface area contributed by atoms with Gasteiger partial charge in [0.25, 0.3) is 0 Å². The van der Waals surface area contributed by atoms with Gasteiger partial charge in [-0.15, -0.1) is 0 Å². The Kier molecular flexibility index (Phi) is 1.58. The molecule has 0 N–H and O–H groups in total. The van der Waals surface area contributed by atoms with E-state index in [1.165, 1.54) is 5.39 Å². The highest BCUT2D eigenvalue weighted by Crippen LogP contribution is 2.16. The number of nitrogens with zero attached hydrogens (tertiary/aromatic N) is 1. The molecule has 0 bridgehead atoms. The van der Waals surface area contributed by atoms with Crippen LogP contribution in [0.15, 0.2) is 24.3 Å². The van der Waals surface area contributed by atoms with Crippen molar-refractivity contribution < 1.29 is 0 Å². The number of hydrogen-bond donors (Lipinski definition) is 0. The fraction of sp³-hybridized carbons (Fsp3) is 0.182. The molecule has 2 aromatic rings. The third-order valence-corrected chi connectivity index (χ3v) is 1.98. The van der Waals surface area contributed by atoms with E-state index in [0.717, 1.165) is 16.8 Å². The molecule has 1 heterocycles. The standard InChI is InChI=1S/C11H10N/c1-8-7-10-5-3-4-6-11(10)9(2)12-8/h3-4,6-7H,1-2H3. The van der Waals surface area contributed by atoms with Gasteiger partial charge in [-0.3, -0.25) is 4.98 Å². The molecule has 0 aliphatic rings. The first kappa shape index (κ1) is 7.29. The van der Waals surface area contributed by atoms with Crippen LogP contribution >= 0.6 is 0 Å². The highest BCUT2D eigenvalue weighted by molar-refractivity contribution is 5.83. The summed E-state index contributed by atoms with van der Waals surface area (Å²) in [6.07, 6.45) is 0. The van der Waals surface area contributed by atoms with Gasteiger partial charge in [-0.25, -0.2) is 0 Å². The summed E-state index contributed by atoms with van der Waals surface area (Å²) in [5, 5.41) is 2.35. The van der Waals surface area contributed by atoms with E-state index in [4.69, 9.17) is 0 Å². The summed E-state index contributed by atoms with van der Waals surface area (Å²) >= 11 is 0. The summed E-state index contributed by atoms with van der Waals surface area (Å²) in [7, 11) is 0. The molecule has 0 aliphatic heterocycles. The molecule has 0 amide bonds. The maximum absolute atomic E-state index is 4.38. The second-order valence-electron chi connectivity index (χ2n) is 2.98. The molecule has 0 saturated carbocycles. The lowest BCUT2D eigenvalue weighted by atomic mass is 10.1. The molecule has 0 spiro atoms. The Morgan fingerprint density at radius 3 is 3.00 bits per heavy atom. The molecule has 1 heteroatoms. The third kappa shape index (κ3) is 1.07. The Hall–Kier alpha value is -1.37. The molecular weight excluding hydrogens is 146 g/mol. The zero-order valence-electron chi connectivity index (χ0n) is 7.26. The number of hydrogen-bond acceptors (Lipinski definition) is 1. The molecule has 1 radical (unpaired) electrons. The lowest BCUT2D eigenvalue weighted by Gasteiger charge is -2.01. The molecule has 59 valence electrons. The topological polar surface area (TPSA) is 12.9 Å². The lowest BCUT2D eigenvalue weighted by molar-refractivity contribution is 1.15. The average Bonchev–Trinajstić information content (AvgIpc) is 2.04. The summed E-state index contributed by atoms with van der Waals surface area (Å²) in [5.41, 5.74) is 2.14. The quantitative estimate of drug-likeness (QED) is 0.571. The molecule has 0 aliphatic carbocycles. The number of rotatable bonds is 0. The van der Waals surface area contributed by atoms with E-state index in [2.05, 4.69) is 23.2 Å². The summed E-state index contributed by atoms with van der Waals surface area (Å²) in [6.45, 7) is 4.04. The average molecular weight is 156 g/mol. The fourth-order valence-corrected chi connectivity index (χ4v) is 1.45. The number of aryl methyl sites for hydroxylation is 2. The molecule has 1 nitrogen and oxygen atoms in total. The third-order valence-electron chi connectivity index (χ3n) is 1.98. The summed E-state index contributed by atoms with van der Waals surface area (Å²) in [4.78, 5) is 4.38. The Labute approximate surface area is 72.1 Å². The zero-order valence-corrected chi connectivity index (χ0v) is 7.26. The van der Waals surface area contributed by atoms with Crippen molar-refractivity contribution in [1.29, 1.82) is 0 Å². The number of aromatic nitrogens is 1. The maximum atomic E-state index is 4.38. The van der Waals surface area contributed by atoms with Gasteiger partial charge in [0.2, 0.25) is 0 Å². The minimum absolute atomic E-state index is 1.06. The molecule has 0 atom stereocenters. The van der Waals surface area contributed by atoms with Gasteiger partial charge in [0.05, 0.1) is 0 Å². The highest BCUT2D eigenvalue weighted by atomic mass is 14.7. The van der Waals surface area contributed by atoms with Gasteiger partial charge >= 0.3 is 0 Å². The van der Waals surface area contributed by atoms with Crippen LogP contribution in [-0.4, -0.2) is 4.98 Å². The second-order valence-corrected chi connectivity index (χ2v) is 2.98. The number of fused-ring (bicyclic) bond motifs is 1. The van der Waals surface area contributed by atoms with E-state index in [0.29, 0.717) is 0 Å². The van der Waals surface area contributed by atoms with Gasteiger partial charge in [0, 0.05) is 16.8 Å². The Morgan fingerprint density at radius 2 is 2.17 bits per heavy atom. The molecule has 0 saturated heterocycles. The molecule has 2 rings (SSSR count). The SMILES string of the molecule is Cc1cc2[c]cccc2c(C)n1. The normalized spacial score (nSPS) is 10.5. The van der Waals surface area contributed by atoms with Gasteiger partial charge in [-0.05, 0) is 31.4 Å². The molecule has 1 aromatic heterocycles. The molecule has 0 unspecified atom stereocenters. The van der Waals surface area contributed by atoms with Gasteiger partial charge in [0.15, 0.2) is 0 Å². The summed E-state index contributed by atoms with van der Waals surface area (Å²) in [5.74, 6) is 0. The minimum atomic E-state index is 1.06. The van der Waals surface area contributed by atoms with Crippen LogP contribution in [0.1, 0.15) is 11.4 Å². The minimum Gasteiger partial charge on any atom is -0.258 e. The van der Waals surface area contributed by atoms with Crippen LogP contribution in [0.3, 0.4) is 0 Å². The number of pyridine rings is 1. The molecule has 0 fully saturated rings. The van der Waals surface area contributed by atoms with E-state index >= 15 is 0 Å². The lowest BCUT2D eigenvalue weighted by Crippen LogP contribution is -1.87. The molecule has 12 heavy (non-hydrogen) atoms. The smallest absolute Gasteiger partial charge is 0.0454 e. The van der Waals surface area contributed by atoms with Crippen molar-refractivity contribution in [3.05, 3.63) is 41.7 Å². The first-order chi connectivity index (χ1) is 5.77. The fourth-order valence-electron chi connectivity index (χ4n) is 1.45. The monoisotopic (exact) mass is 156 g/mol. The highest BCUT2D eigenvalue weighted by Gasteiger charge is 1.97. The van der Waals surface area contributed by atoms with Crippen LogP contribution in [0, 0.1) is 19.9 Å². The van der Waals surface area contributed by atoms with Crippen molar-refractivity contribution in [2.24, 2.45) is 0 Å². The van der Waals surface area contributed by atoms with E-state index in [-0.39, 0.29) is 0 Å². The van der Waals surface area contributed by atoms with Crippen LogP contribution < -0.4 is 0 Å². The van der Waals surface area contributed by atoms with Gasteiger partial charge in [-0.2, -0.15) is 0 Å². The van der Waals surface area contributed by atoms with Gasteiger partial charge in [0.1, 0.15) is 0 Å². The predicted molar refractivity (Wildman–Crippen MR) is 50.1 cm³/mol.